The molecule has 0 aliphatic heterocycles. The molecule has 2 atom stereocenters. The Morgan fingerprint density at radius 3 is 2.15 bits per heavy atom. The third-order valence-electron chi connectivity index (χ3n) is 3.22. The van der Waals surface area contributed by atoms with Crippen molar-refractivity contribution in [2.45, 2.75) is 59.2 Å². The number of hydrogen-bond donors (Lipinski definition) is 0. The smallest absolute Gasteiger partial charge is 0.333 e. The number of esters is 1. The summed E-state index contributed by atoms with van der Waals surface area (Å²) in [6, 6.07) is 0. The number of rotatable bonds is 9. The molecule has 20 heavy (non-hydrogen) atoms. The van der Waals surface area contributed by atoms with Crippen molar-refractivity contribution >= 4 is 11.8 Å². The van der Waals surface area contributed by atoms with E-state index in [0.29, 0.717) is 30.6 Å². The summed E-state index contributed by atoms with van der Waals surface area (Å²) in [5, 5.41) is 0. The minimum Gasteiger partial charge on any atom is -0.456 e. The zero-order chi connectivity index (χ0) is 15.9. The molecule has 114 valence electrons. The topological polar surface area (TPSA) is 52.6 Å². The number of hydrogen-bond acceptors (Lipinski definition) is 4. The van der Waals surface area contributed by atoms with Crippen molar-refractivity contribution in [1.29, 1.82) is 0 Å². The van der Waals surface area contributed by atoms with Gasteiger partial charge >= 0.3 is 5.97 Å². The van der Waals surface area contributed by atoms with Crippen molar-refractivity contribution in [2.75, 3.05) is 6.61 Å². The van der Waals surface area contributed by atoms with Gasteiger partial charge in [-0.25, -0.2) is 4.79 Å². The van der Waals surface area contributed by atoms with Gasteiger partial charge in [0, 0.05) is 12.0 Å². The molecule has 0 radical (unpaired) electrons. The summed E-state index contributed by atoms with van der Waals surface area (Å²) in [7, 11) is 0. The summed E-state index contributed by atoms with van der Waals surface area (Å²) in [5.74, 6) is -0.512. The van der Waals surface area contributed by atoms with Gasteiger partial charge in [-0.15, -0.1) is 0 Å². The zero-order valence-electron chi connectivity index (χ0n) is 13.2. The maximum absolute atomic E-state index is 11.6. The Morgan fingerprint density at radius 1 is 1.20 bits per heavy atom. The Kier molecular flexibility index (Phi) is 7.43. The third kappa shape index (κ3) is 6.15. The maximum atomic E-state index is 11.6. The molecule has 1 unspecified atom stereocenters. The summed E-state index contributed by atoms with van der Waals surface area (Å²) in [5.41, 5.74) is 0.239. The highest BCUT2D eigenvalue weighted by molar-refractivity contribution is 5.97. The van der Waals surface area contributed by atoms with E-state index in [2.05, 4.69) is 13.2 Å². The lowest BCUT2D eigenvalue weighted by Gasteiger charge is -2.29. The standard InChI is InChI=1S/C16H26O4/c1-8-16(7,20-15(18)12(4)5)9-10-19-13(6)14(17)11(2)3/h13H,2,4,8-10H2,1,3,5-7H3/t13-,16?/m0/s1. The monoisotopic (exact) mass is 282 g/mol. The highest BCUT2D eigenvalue weighted by Gasteiger charge is 2.27. The van der Waals surface area contributed by atoms with E-state index < -0.39 is 17.7 Å². The average Bonchev–Trinajstić information content (AvgIpc) is 2.37. The van der Waals surface area contributed by atoms with Gasteiger partial charge in [0.1, 0.15) is 11.7 Å². The summed E-state index contributed by atoms with van der Waals surface area (Å²) in [6.45, 7) is 16.3. The van der Waals surface area contributed by atoms with Crippen molar-refractivity contribution in [1.82, 2.24) is 0 Å². The molecule has 0 amide bonds. The van der Waals surface area contributed by atoms with Gasteiger partial charge in [-0.2, -0.15) is 0 Å². The van der Waals surface area contributed by atoms with Crippen molar-refractivity contribution in [2.24, 2.45) is 0 Å². The summed E-state index contributed by atoms with van der Waals surface area (Å²) >= 11 is 0. The van der Waals surface area contributed by atoms with E-state index >= 15 is 0 Å². The van der Waals surface area contributed by atoms with E-state index in [1.165, 1.54) is 0 Å². The van der Waals surface area contributed by atoms with Gasteiger partial charge in [-0.3, -0.25) is 4.79 Å². The molecule has 0 aromatic carbocycles. The molecule has 0 fully saturated rings. The lowest BCUT2D eigenvalue weighted by molar-refractivity contribution is -0.156. The number of ketones is 1. The van der Waals surface area contributed by atoms with Crippen LogP contribution in [-0.2, 0) is 19.1 Å². The first kappa shape index (κ1) is 18.6. The molecule has 0 aliphatic rings. The van der Waals surface area contributed by atoms with Crippen molar-refractivity contribution in [3.8, 4) is 0 Å². The molecule has 0 spiro atoms. The van der Waals surface area contributed by atoms with Crippen LogP contribution in [0.1, 0.15) is 47.5 Å². The highest BCUT2D eigenvalue weighted by Crippen LogP contribution is 2.21. The molecule has 0 heterocycles. The Labute approximate surface area is 121 Å². The van der Waals surface area contributed by atoms with Crippen LogP contribution in [0.4, 0.5) is 0 Å². The Hall–Kier alpha value is -1.42. The van der Waals surface area contributed by atoms with E-state index in [9.17, 15) is 9.59 Å². The predicted octanol–water partition coefficient (Wildman–Crippen LogP) is 3.21. The van der Waals surface area contributed by atoms with Crippen LogP contribution in [-0.4, -0.2) is 30.1 Å². The summed E-state index contributed by atoms with van der Waals surface area (Å²) in [6.07, 6.45) is 0.666. The first-order valence-electron chi connectivity index (χ1n) is 6.83. The summed E-state index contributed by atoms with van der Waals surface area (Å²) < 4.78 is 10.9. The molecule has 0 saturated heterocycles. The van der Waals surface area contributed by atoms with Crippen LogP contribution in [0.25, 0.3) is 0 Å². The predicted molar refractivity (Wildman–Crippen MR) is 79.5 cm³/mol. The second kappa shape index (κ2) is 8.00. The fourth-order valence-electron chi connectivity index (χ4n) is 1.49. The number of carbonyl (C=O) groups excluding carboxylic acids is 2. The molecule has 0 N–H and O–H groups in total. The van der Waals surface area contributed by atoms with E-state index in [0.717, 1.165) is 0 Å². The van der Waals surface area contributed by atoms with Gasteiger partial charge in [0.25, 0.3) is 0 Å². The lowest BCUT2D eigenvalue weighted by atomic mass is 9.99. The molecule has 4 nitrogen and oxygen atoms in total. The Bertz CT molecular complexity index is 397. The molecule has 0 saturated carbocycles. The van der Waals surface area contributed by atoms with Crippen LogP contribution < -0.4 is 0 Å². The normalized spacial score (nSPS) is 15.1. The molecule has 0 rings (SSSR count). The summed E-state index contributed by atoms with van der Waals surface area (Å²) in [4.78, 5) is 23.2. The van der Waals surface area contributed by atoms with Gasteiger partial charge in [0.2, 0.25) is 0 Å². The Balaban J connectivity index is 4.38. The first-order valence-corrected chi connectivity index (χ1v) is 6.83. The third-order valence-corrected chi connectivity index (χ3v) is 3.22. The van der Waals surface area contributed by atoms with Gasteiger partial charge < -0.3 is 9.47 Å². The highest BCUT2D eigenvalue weighted by atomic mass is 16.6. The number of ether oxygens (including phenoxy) is 2. The molecule has 0 aliphatic carbocycles. The Morgan fingerprint density at radius 2 is 1.75 bits per heavy atom. The fraction of sp³-hybridized carbons (Fsp3) is 0.625. The molecule has 0 bridgehead atoms. The number of carbonyl (C=O) groups is 2. The quantitative estimate of drug-likeness (QED) is 0.481. The van der Waals surface area contributed by atoms with Crippen molar-refractivity contribution in [3.63, 3.8) is 0 Å². The largest absolute Gasteiger partial charge is 0.456 e. The van der Waals surface area contributed by atoms with Gasteiger partial charge in [0.05, 0.1) is 6.61 Å². The van der Waals surface area contributed by atoms with Gasteiger partial charge in [-0.1, -0.05) is 20.1 Å². The van der Waals surface area contributed by atoms with Crippen LogP contribution >= 0.6 is 0 Å². The minimum atomic E-state index is -0.609. The molecule has 0 aromatic heterocycles. The van der Waals surface area contributed by atoms with Gasteiger partial charge in [-0.05, 0) is 39.7 Å². The van der Waals surface area contributed by atoms with E-state index in [4.69, 9.17) is 9.47 Å². The van der Waals surface area contributed by atoms with E-state index in [-0.39, 0.29) is 5.78 Å². The molecule has 0 aromatic rings. The van der Waals surface area contributed by atoms with Crippen LogP contribution in [0, 0.1) is 0 Å². The first-order chi connectivity index (χ1) is 9.13. The second-order valence-electron chi connectivity index (χ2n) is 5.38. The molecule has 4 heteroatoms. The fourth-order valence-corrected chi connectivity index (χ4v) is 1.49. The second-order valence-corrected chi connectivity index (χ2v) is 5.38. The van der Waals surface area contributed by atoms with Gasteiger partial charge in [0.15, 0.2) is 5.78 Å². The van der Waals surface area contributed by atoms with Crippen LogP contribution in [0.15, 0.2) is 24.3 Å². The van der Waals surface area contributed by atoms with Crippen molar-refractivity contribution < 1.29 is 19.1 Å². The van der Waals surface area contributed by atoms with E-state index in [1.807, 2.05) is 13.8 Å². The van der Waals surface area contributed by atoms with Crippen LogP contribution in [0.5, 0.6) is 0 Å². The average molecular weight is 282 g/mol. The zero-order valence-corrected chi connectivity index (χ0v) is 13.2. The molecular weight excluding hydrogens is 256 g/mol. The van der Waals surface area contributed by atoms with Crippen LogP contribution in [0.3, 0.4) is 0 Å². The van der Waals surface area contributed by atoms with E-state index in [1.54, 1.807) is 20.8 Å². The van der Waals surface area contributed by atoms with Crippen molar-refractivity contribution in [3.05, 3.63) is 24.3 Å². The lowest BCUT2D eigenvalue weighted by Crippen LogP contribution is -2.34. The SMILES string of the molecule is C=C(C)C(=O)OC(C)(CC)CCO[C@@H](C)C(=O)C(=C)C. The number of Topliss-reactive ketones (excluding diaryl/α,β-unsaturated/α-hetero) is 1. The minimum absolute atomic E-state index is 0.109. The maximum Gasteiger partial charge on any atom is 0.333 e. The van der Waals surface area contributed by atoms with Crippen LogP contribution in [0.2, 0.25) is 0 Å². The molecular formula is C16H26O4.